The second-order valence-corrected chi connectivity index (χ2v) is 6.45. The van der Waals surface area contributed by atoms with Gasteiger partial charge >= 0.3 is 0 Å². The van der Waals surface area contributed by atoms with Gasteiger partial charge in [0.2, 0.25) is 5.91 Å². The van der Waals surface area contributed by atoms with Gasteiger partial charge in [-0.2, -0.15) is 0 Å². The van der Waals surface area contributed by atoms with Crippen molar-refractivity contribution >= 4 is 17.3 Å². The van der Waals surface area contributed by atoms with Crippen LogP contribution in [0.15, 0.2) is 47.4 Å². The minimum absolute atomic E-state index is 0.160. The number of nitrogens with zero attached hydrogens (tertiary/aromatic N) is 2. The summed E-state index contributed by atoms with van der Waals surface area (Å²) >= 11 is 0. The lowest BCUT2D eigenvalue weighted by molar-refractivity contribution is -0.385. The third kappa shape index (κ3) is 4.07. The lowest BCUT2D eigenvalue weighted by Crippen LogP contribution is -2.28. The Morgan fingerprint density at radius 3 is 2.50 bits per heavy atom. The Kier molecular flexibility index (Phi) is 4.82. The lowest BCUT2D eigenvalue weighted by atomic mass is 9.86. The molecule has 7 nitrogen and oxygen atoms in total. The minimum atomic E-state index is -0.608. The van der Waals surface area contributed by atoms with Crippen molar-refractivity contribution < 1.29 is 9.72 Å². The molecule has 24 heavy (non-hydrogen) atoms. The van der Waals surface area contributed by atoms with Gasteiger partial charge in [-0.1, -0.05) is 39.0 Å². The first kappa shape index (κ1) is 17.4. The number of hydrogen-bond acceptors (Lipinski definition) is 4. The molecule has 0 fully saturated rings. The Hall–Kier alpha value is -2.96. The molecular formula is C17H19N3O4. The highest BCUT2D eigenvalue weighted by atomic mass is 16.6. The van der Waals surface area contributed by atoms with Gasteiger partial charge in [0.05, 0.1) is 11.1 Å². The van der Waals surface area contributed by atoms with E-state index in [1.807, 2.05) is 39.0 Å². The molecule has 0 radical (unpaired) electrons. The first-order valence-electron chi connectivity index (χ1n) is 7.43. The number of nitro groups is 1. The molecule has 1 amide bonds. The number of benzene rings is 1. The molecule has 0 unspecified atom stereocenters. The number of hydrogen-bond donors (Lipinski definition) is 1. The van der Waals surface area contributed by atoms with Crippen LogP contribution >= 0.6 is 0 Å². The summed E-state index contributed by atoms with van der Waals surface area (Å²) in [4.78, 5) is 34.2. The fourth-order valence-electron chi connectivity index (χ4n) is 2.34. The molecule has 2 aromatic rings. The van der Waals surface area contributed by atoms with Crippen LogP contribution in [0.1, 0.15) is 26.3 Å². The van der Waals surface area contributed by atoms with Crippen LogP contribution < -0.4 is 10.9 Å². The predicted molar refractivity (Wildman–Crippen MR) is 91.1 cm³/mol. The van der Waals surface area contributed by atoms with Gasteiger partial charge in [-0.05, 0) is 17.0 Å². The first-order chi connectivity index (χ1) is 11.2. The third-order valence-electron chi connectivity index (χ3n) is 3.50. The van der Waals surface area contributed by atoms with Crippen molar-refractivity contribution in [3.8, 4) is 0 Å². The molecule has 7 heteroatoms. The van der Waals surface area contributed by atoms with Gasteiger partial charge in [0.25, 0.3) is 11.2 Å². The predicted octanol–water partition coefficient (Wildman–Crippen LogP) is 2.69. The van der Waals surface area contributed by atoms with E-state index in [-0.39, 0.29) is 17.6 Å². The summed E-state index contributed by atoms with van der Waals surface area (Å²) in [5, 5.41) is 13.6. The highest BCUT2D eigenvalue weighted by molar-refractivity contribution is 5.91. The summed E-state index contributed by atoms with van der Waals surface area (Å²) < 4.78 is 1.02. The van der Waals surface area contributed by atoms with Gasteiger partial charge in [-0.15, -0.1) is 0 Å². The second kappa shape index (κ2) is 6.66. The molecule has 0 atom stereocenters. The fraction of sp³-hybridized carbons (Fsp3) is 0.294. The number of carbonyl (C=O) groups is 1. The normalized spacial score (nSPS) is 11.1. The van der Waals surface area contributed by atoms with Gasteiger partial charge in [0.15, 0.2) is 0 Å². The van der Waals surface area contributed by atoms with Crippen molar-refractivity contribution in [2.24, 2.45) is 0 Å². The van der Waals surface area contributed by atoms with E-state index in [1.54, 1.807) is 6.07 Å². The molecule has 0 saturated heterocycles. The SMILES string of the molecule is CC(C)(C)c1ccccc1NC(=O)Cn1cc([N+](=O)[O-])ccc1=O. The number of pyridine rings is 1. The third-order valence-corrected chi connectivity index (χ3v) is 3.50. The second-order valence-electron chi connectivity index (χ2n) is 6.45. The Bertz CT molecular complexity index is 834. The van der Waals surface area contributed by atoms with E-state index in [2.05, 4.69) is 5.32 Å². The highest BCUT2D eigenvalue weighted by Gasteiger charge is 2.19. The molecule has 0 aliphatic rings. The van der Waals surface area contributed by atoms with Crippen molar-refractivity contribution in [1.82, 2.24) is 4.57 Å². The topological polar surface area (TPSA) is 94.2 Å². The maximum absolute atomic E-state index is 12.3. The quantitative estimate of drug-likeness (QED) is 0.689. The van der Waals surface area contributed by atoms with E-state index < -0.39 is 16.4 Å². The van der Waals surface area contributed by atoms with Crippen LogP contribution in [-0.2, 0) is 16.8 Å². The summed E-state index contributed by atoms with van der Waals surface area (Å²) in [6.45, 7) is 5.80. The van der Waals surface area contributed by atoms with Crippen LogP contribution in [0.5, 0.6) is 0 Å². The molecule has 0 spiro atoms. The molecule has 126 valence electrons. The van der Waals surface area contributed by atoms with Crippen molar-refractivity contribution in [3.05, 3.63) is 68.6 Å². The van der Waals surface area contributed by atoms with Crippen LogP contribution in [0.4, 0.5) is 11.4 Å². The minimum Gasteiger partial charge on any atom is -0.324 e. The average molecular weight is 329 g/mol. The van der Waals surface area contributed by atoms with E-state index in [0.29, 0.717) is 5.69 Å². The largest absolute Gasteiger partial charge is 0.324 e. The zero-order chi connectivity index (χ0) is 17.9. The van der Waals surface area contributed by atoms with Crippen LogP contribution in [0.25, 0.3) is 0 Å². The molecule has 1 N–H and O–H groups in total. The standard InChI is InChI=1S/C17H19N3O4/c1-17(2,3)13-6-4-5-7-14(13)18-15(21)11-19-10-12(20(23)24)8-9-16(19)22/h4-10H,11H2,1-3H3,(H,18,21). The molecule has 2 rings (SSSR count). The molecule has 0 aliphatic heterocycles. The van der Waals surface area contributed by atoms with Gasteiger partial charge in [0, 0.05) is 17.8 Å². The summed E-state index contributed by atoms with van der Waals surface area (Å²) in [5.74, 6) is -0.422. The maximum atomic E-state index is 12.3. The fourth-order valence-corrected chi connectivity index (χ4v) is 2.34. The smallest absolute Gasteiger partial charge is 0.285 e. The van der Waals surface area contributed by atoms with Gasteiger partial charge in [-0.25, -0.2) is 0 Å². The molecule has 1 heterocycles. The van der Waals surface area contributed by atoms with Crippen LogP contribution in [-0.4, -0.2) is 15.4 Å². The van der Waals surface area contributed by atoms with Crippen LogP contribution in [0.2, 0.25) is 0 Å². The highest BCUT2D eigenvalue weighted by Crippen LogP contribution is 2.29. The molecule has 0 bridgehead atoms. The van der Waals surface area contributed by atoms with Crippen molar-refractivity contribution in [1.29, 1.82) is 0 Å². The lowest BCUT2D eigenvalue weighted by Gasteiger charge is -2.23. The molecule has 0 aliphatic carbocycles. The monoisotopic (exact) mass is 329 g/mol. The Morgan fingerprint density at radius 2 is 1.88 bits per heavy atom. The van der Waals surface area contributed by atoms with Crippen molar-refractivity contribution in [3.63, 3.8) is 0 Å². The summed E-state index contributed by atoms with van der Waals surface area (Å²) in [6, 6.07) is 9.61. The van der Waals surface area contributed by atoms with Crippen LogP contribution in [0.3, 0.4) is 0 Å². The number of nitrogens with one attached hydrogen (secondary N) is 1. The summed E-state index contributed by atoms with van der Waals surface area (Å²) in [6.07, 6.45) is 1.07. The van der Waals surface area contributed by atoms with Crippen LogP contribution in [0, 0.1) is 10.1 Å². The molecule has 1 aromatic carbocycles. The summed E-state index contributed by atoms with van der Waals surface area (Å²) in [5.41, 5.74) is 0.752. The summed E-state index contributed by atoms with van der Waals surface area (Å²) in [7, 11) is 0. The van der Waals surface area contributed by atoms with Gasteiger partial charge in [0.1, 0.15) is 6.54 Å². The van der Waals surface area contributed by atoms with E-state index in [0.717, 1.165) is 28.5 Å². The number of amides is 1. The zero-order valence-corrected chi connectivity index (χ0v) is 13.8. The first-order valence-corrected chi connectivity index (χ1v) is 7.43. The van der Waals surface area contributed by atoms with E-state index in [1.165, 1.54) is 0 Å². The van der Waals surface area contributed by atoms with E-state index in [4.69, 9.17) is 0 Å². The molecular weight excluding hydrogens is 310 g/mol. The maximum Gasteiger partial charge on any atom is 0.285 e. The Labute approximate surface area is 139 Å². The number of rotatable bonds is 4. The van der Waals surface area contributed by atoms with E-state index in [9.17, 15) is 19.7 Å². The van der Waals surface area contributed by atoms with Crippen molar-refractivity contribution in [2.45, 2.75) is 32.7 Å². The Balaban J connectivity index is 2.23. The number of anilines is 1. The number of para-hydroxylation sites is 1. The average Bonchev–Trinajstić information content (AvgIpc) is 2.48. The molecule has 1 aromatic heterocycles. The molecule has 0 saturated carbocycles. The van der Waals surface area contributed by atoms with E-state index >= 15 is 0 Å². The zero-order valence-electron chi connectivity index (χ0n) is 13.8. The number of carbonyl (C=O) groups excluding carboxylic acids is 1. The van der Waals surface area contributed by atoms with Crippen molar-refractivity contribution in [2.75, 3.05) is 5.32 Å². The van der Waals surface area contributed by atoms with Gasteiger partial charge < -0.3 is 5.32 Å². The van der Waals surface area contributed by atoms with Gasteiger partial charge in [-0.3, -0.25) is 24.3 Å². The Morgan fingerprint density at radius 1 is 1.21 bits per heavy atom. The number of aromatic nitrogens is 1.